The monoisotopic (exact) mass is 460 g/mol. The van der Waals surface area contributed by atoms with Gasteiger partial charge < -0.3 is 25.6 Å². The molecule has 3 aromatic rings. The maximum atomic E-state index is 5.77. The molecule has 0 radical (unpaired) electrons. The molecule has 5 rings (SSSR count). The van der Waals surface area contributed by atoms with Gasteiger partial charge in [-0.15, -0.1) is 0 Å². The van der Waals surface area contributed by atoms with Crippen molar-refractivity contribution in [1.82, 2.24) is 24.8 Å². The molecule has 0 saturated carbocycles. The molecule has 0 unspecified atom stereocenters. The van der Waals surface area contributed by atoms with E-state index in [0.29, 0.717) is 30.8 Å². The minimum atomic E-state index is 0.482. The largest absolute Gasteiger partial charge is 0.384 e. The normalized spacial score (nSPS) is 17.6. The maximum Gasteiger partial charge on any atom is 0.228 e. The standard InChI is InChI=1S/C25H32N8O/c1-32-8-6-18(7-9-32)14-20-3-4-21(17-27-20)29-24-15-22(19-2-5-23(26)28-16-19)30-25(31-24)33-10-12-34-13-11-33/h2-5,15-18H,6-14H2,1H3,(H2,26,28)(H,29,30,31). The van der Waals surface area contributed by atoms with E-state index < -0.39 is 0 Å². The zero-order valence-electron chi connectivity index (χ0n) is 19.7. The lowest BCUT2D eigenvalue weighted by atomic mass is 9.92. The van der Waals surface area contributed by atoms with Crippen LogP contribution < -0.4 is 16.0 Å². The molecule has 2 fully saturated rings. The predicted octanol–water partition coefficient (Wildman–Crippen LogP) is 2.98. The smallest absolute Gasteiger partial charge is 0.228 e. The molecule has 9 heteroatoms. The van der Waals surface area contributed by atoms with E-state index >= 15 is 0 Å². The Bertz CT molecular complexity index is 1080. The Balaban J connectivity index is 1.34. The highest BCUT2D eigenvalue weighted by atomic mass is 16.5. The number of nitrogens with two attached hydrogens (primary N) is 1. The lowest BCUT2D eigenvalue weighted by Crippen LogP contribution is -2.37. The van der Waals surface area contributed by atoms with E-state index in [-0.39, 0.29) is 0 Å². The molecule has 0 atom stereocenters. The molecule has 2 saturated heterocycles. The summed E-state index contributed by atoms with van der Waals surface area (Å²) >= 11 is 0. The number of anilines is 4. The van der Waals surface area contributed by atoms with Crippen LogP contribution in [-0.4, -0.2) is 71.3 Å². The average molecular weight is 461 g/mol. The number of morpholine rings is 1. The van der Waals surface area contributed by atoms with Crippen molar-refractivity contribution in [1.29, 1.82) is 0 Å². The molecular weight excluding hydrogens is 428 g/mol. The van der Waals surface area contributed by atoms with Crippen LogP contribution in [0.4, 0.5) is 23.3 Å². The number of nitrogens with one attached hydrogen (secondary N) is 1. The molecule has 3 N–H and O–H groups in total. The number of likely N-dealkylation sites (tertiary alicyclic amines) is 1. The molecular formula is C25H32N8O. The molecule has 9 nitrogen and oxygen atoms in total. The van der Waals surface area contributed by atoms with Crippen LogP contribution in [0.2, 0.25) is 0 Å². The van der Waals surface area contributed by atoms with Gasteiger partial charge in [-0.2, -0.15) is 4.98 Å². The second-order valence-electron chi connectivity index (χ2n) is 9.12. The fourth-order valence-electron chi connectivity index (χ4n) is 4.44. The van der Waals surface area contributed by atoms with Crippen molar-refractivity contribution in [3.05, 3.63) is 48.4 Å². The number of rotatable bonds is 6. The van der Waals surface area contributed by atoms with E-state index in [9.17, 15) is 0 Å². The molecule has 178 valence electrons. The molecule has 3 aromatic heterocycles. The molecule has 0 aromatic carbocycles. The number of hydrogen-bond acceptors (Lipinski definition) is 9. The first-order valence-corrected chi connectivity index (χ1v) is 12.0. The topological polar surface area (TPSA) is 105 Å². The van der Waals surface area contributed by atoms with E-state index in [1.165, 1.54) is 25.9 Å². The molecule has 0 spiro atoms. The lowest BCUT2D eigenvalue weighted by molar-refractivity contribution is 0.122. The Labute approximate surface area is 200 Å². The average Bonchev–Trinajstić information content (AvgIpc) is 2.87. The first-order chi connectivity index (χ1) is 16.6. The van der Waals surface area contributed by atoms with Crippen LogP contribution in [0.3, 0.4) is 0 Å². The Morgan fingerprint density at radius 3 is 2.53 bits per heavy atom. The van der Waals surface area contributed by atoms with Crippen molar-refractivity contribution in [3.63, 3.8) is 0 Å². The van der Waals surface area contributed by atoms with Gasteiger partial charge in [0.05, 0.1) is 30.8 Å². The minimum absolute atomic E-state index is 0.482. The van der Waals surface area contributed by atoms with Crippen LogP contribution in [0.5, 0.6) is 0 Å². The summed E-state index contributed by atoms with van der Waals surface area (Å²) in [7, 11) is 2.20. The van der Waals surface area contributed by atoms with Crippen LogP contribution >= 0.6 is 0 Å². The molecule has 5 heterocycles. The van der Waals surface area contributed by atoms with Gasteiger partial charge in [-0.1, -0.05) is 0 Å². The summed E-state index contributed by atoms with van der Waals surface area (Å²) in [5, 5.41) is 3.42. The van der Waals surface area contributed by atoms with Crippen LogP contribution in [0.15, 0.2) is 42.7 Å². The van der Waals surface area contributed by atoms with Gasteiger partial charge in [-0.05, 0) is 69.6 Å². The summed E-state index contributed by atoms with van der Waals surface area (Å²) < 4.78 is 5.50. The van der Waals surface area contributed by atoms with E-state index in [0.717, 1.165) is 48.1 Å². The molecule has 0 aliphatic carbocycles. The highest BCUT2D eigenvalue weighted by Crippen LogP contribution is 2.26. The maximum absolute atomic E-state index is 5.77. The van der Waals surface area contributed by atoms with Gasteiger partial charge in [-0.25, -0.2) is 9.97 Å². The lowest BCUT2D eigenvalue weighted by Gasteiger charge is -2.28. The zero-order valence-corrected chi connectivity index (χ0v) is 19.7. The Morgan fingerprint density at radius 1 is 1.00 bits per heavy atom. The van der Waals surface area contributed by atoms with Crippen molar-refractivity contribution in [2.45, 2.75) is 19.3 Å². The molecule has 2 aliphatic heterocycles. The summed E-state index contributed by atoms with van der Waals surface area (Å²) in [5.41, 5.74) is 9.50. The summed E-state index contributed by atoms with van der Waals surface area (Å²) in [4.78, 5) is 23.1. The SMILES string of the molecule is CN1CCC(Cc2ccc(Nc3cc(-c4ccc(N)nc4)nc(N4CCOCC4)n3)cn2)CC1. The number of hydrogen-bond donors (Lipinski definition) is 2. The van der Waals surface area contributed by atoms with Gasteiger partial charge in [0.25, 0.3) is 0 Å². The Morgan fingerprint density at radius 2 is 1.82 bits per heavy atom. The van der Waals surface area contributed by atoms with Gasteiger partial charge in [0.1, 0.15) is 11.6 Å². The first kappa shape index (κ1) is 22.5. The third-order valence-electron chi connectivity index (χ3n) is 6.52. The summed E-state index contributed by atoms with van der Waals surface area (Å²) in [6.07, 6.45) is 7.16. The number of nitrogen functional groups attached to an aromatic ring is 1. The van der Waals surface area contributed by atoms with Crippen molar-refractivity contribution in [3.8, 4) is 11.3 Å². The van der Waals surface area contributed by atoms with Gasteiger partial charge in [0, 0.05) is 36.6 Å². The number of piperidine rings is 1. The van der Waals surface area contributed by atoms with Gasteiger partial charge in [-0.3, -0.25) is 4.98 Å². The number of ether oxygens (including phenoxy) is 1. The number of nitrogens with zero attached hydrogens (tertiary/aromatic N) is 6. The molecule has 0 amide bonds. The number of aromatic nitrogens is 4. The molecule has 0 bridgehead atoms. The van der Waals surface area contributed by atoms with E-state index in [1.54, 1.807) is 12.3 Å². The van der Waals surface area contributed by atoms with E-state index in [4.69, 9.17) is 25.4 Å². The minimum Gasteiger partial charge on any atom is -0.384 e. The van der Waals surface area contributed by atoms with Gasteiger partial charge >= 0.3 is 0 Å². The summed E-state index contributed by atoms with van der Waals surface area (Å²) in [6, 6.07) is 9.85. The van der Waals surface area contributed by atoms with Crippen molar-refractivity contribution < 1.29 is 4.74 Å². The van der Waals surface area contributed by atoms with E-state index in [2.05, 4.69) is 39.3 Å². The third kappa shape index (κ3) is 5.60. The Kier molecular flexibility index (Phi) is 6.82. The van der Waals surface area contributed by atoms with Crippen LogP contribution in [0, 0.1) is 5.92 Å². The quantitative estimate of drug-likeness (QED) is 0.574. The first-order valence-electron chi connectivity index (χ1n) is 12.0. The Hall–Kier alpha value is -3.30. The highest BCUT2D eigenvalue weighted by Gasteiger charge is 2.18. The third-order valence-corrected chi connectivity index (χ3v) is 6.52. The van der Waals surface area contributed by atoms with Gasteiger partial charge in [0.2, 0.25) is 5.95 Å². The van der Waals surface area contributed by atoms with Crippen LogP contribution in [-0.2, 0) is 11.2 Å². The zero-order chi connectivity index (χ0) is 23.3. The van der Waals surface area contributed by atoms with Crippen LogP contribution in [0.25, 0.3) is 11.3 Å². The summed E-state index contributed by atoms with van der Waals surface area (Å²) in [5.74, 6) is 2.59. The highest BCUT2D eigenvalue weighted by molar-refractivity contribution is 5.67. The second-order valence-corrected chi connectivity index (χ2v) is 9.12. The van der Waals surface area contributed by atoms with E-state index in [1.807, 2.05) is 18.3 Å². The van der Waals surface area contributed by atoms with Crippen LogP contribution in [0.1, 0.15) is 18.5 Å². The molecule has 34 heavy (non-hydrogen) atoms. The van der Waals surface area contributed by atoms with Gasteiger partial charge in [0.15, 0.2) is 0 Å². The second kappa shape index (κ2) is 10.3. The number of pyridine rings is 2. The van der Waals surface area contributed by atoms with Crippen molar-refractivity contribution in [2.24, 2.45) is 5.92 Å². The predicted molar refractivity (Wildman–Crippen MR) is 134 cm³/mol. The van der Waals surface area contributed by atoms with Crippen molar-refractivity contribution in [2.75, 3.05) is 62.4 Å². The van der Waals surface area contributed by atoms with Crippen molar-refractivity contribution >= 4 is 23.3 Å². The summed E-state index contributed by atoms with van der Waals surface area (Å²) in [6.45, 7) is 5.21. The fraction of sp³-hybridized carbons (Fsp3) is 0.440. The molecule has 2 aliphatic rings. The fourth-order valence-corrected chi connectivity index (χ4v) is 4.44.